The van der Waals surface area contributed by atoms with E-state index in [1.54, 1.807) is 0 Å². The van der Waals surface area contributed by atoms with Gasteiger partial charge in [0.25, 0.3) is 0 Å². The summed E-state index contributed by atoms with van der Waals surface area (Å²) < 4.78 is 0. The van der Waals surface area contributed by atoms with Crippen molar-refractivity contribution in [2.24, 2.45) is 5.73 Å². The Bertz CT molecular complexity index is 543. The van der Waals surface area contributed by atoms with Crippen LogP contribution in [0.25, 0.3) is 0 Å². The van der Waals surface area contributed by atoms with Gasteiger partial charge >= 0.3 is 5.97 Å². The lowest BCUT2D eigenvalue weighted by Gasteiger charge is -2.23. The Hall–Kier alpha value is -2.46. The first-order chi connectivity index (χ1) is 10.7. The summed E-state index contributed by atoms with van der Waals surface area (Å²) in [4.78, 5) is 41.6. The molecule has 1 heterocycles. The molecule has 4 unspecified atom stereocenters. The maximum Gasteiger partial charge on any atom is 0.328 e. The molecule has 0 aliphatic rings. The summed E-state index contributed by atoms with van der Waals surface area (Å²) in [6.07, 6.45) is 1.65. The van der Waals surface area contributed by atoms with E-state index in [4.69, 9.17) is 10.8 Å². The van der Waals surface area contributed by atoms with Crippen LogP contribution in [0.2, 0.25) is 0 Å². The molecule has 0 bridgehead atoms. The third-order valence-corrected chi connectivity index (χ3v) is 3.07. The second-order valence-corrected chi connectivity index (χ2v) is 5.20. The smallest absolute Gasteiger partial charge is 0.328 e. The van der Waals surface area contributed by atoms with Gasteiger partial charge < -0.3 is 31.6 Å². The zero-order chi connectivity index (χ0) is 17.6. The van der Waals surface area contributed by atoms with Crippen molar-refractivity contribution in [1.29, 1.82) is 0 Å². The summed E-state index contributed by atoms with van der Waals surface area (Å²) >= 11 is 0. The van der Waals surface area contributed by atoms with Gasteiger partial charge in [0.1, 0.15) is 6.04 Å². The summed E-state index contributed by atoms with van der Waals surface area (Å²) in [6.45, 7) is 2.69. The van der Waals surface area contributed by atoms with Gasteiger partial charge in [0, 0.05) is 18.3 Å². The number of carboxylic acids is 1. The lowest BCUT2D eigenvalue weighted by atomic mass is 10.1. The van der Waals surface area contributed by atoms with Crippen molar-refractivity contribution in [2.75, 3.05) is 0 Å². The Balaban J connectivity index is 2.86. The third kappa shape index (κ3) is 5.68. The molecule has 0 spiro atoms. The summed E-state index contributed by atoms with van der Waals surface area (Å²) in [6, 6.07) is -3.38. The molecule has 1 aromatic heterocycles. The van der Waals surface area contributed by atoms with Crippen molar-refractivity contribution in [3.05, 3.63) is 18.2 Å². The molecule has 0 aliphatic carbocycles. The molecule has 0 saturated carbocycles. The maximum absolute atomic E-state index is 12.3. The van der Waals surface area contributed by atoms with Crippen LogP contribution in [0, 0.1) is 0 Å². The number of carboxylic acid groups (broad SMARTS) is 1. The number of amides is 2. The van der Waals surface area contributed by atoms with Gasteiger partial charge in [-0.05, 0) is 13.8 Å². The van der Waals surface area contributed by atoms with Gasteiger partial charge in [-0.1, -0.05) is 0 Å². The van der Waals surface area contributed by atoms with Gasteiger partial charge in [-0.2, -0.15) is 0 Å². The van der Waals surface area contributed by atoms with Crippen molar-refractivity contribution in [2.45, 2.75) is 44.5 Å². The summed E-state index contributed by atoms with van der Waals surface area (Å²) in [5.41, 5.74) is 6.03. The monoisotopic (exact) mass is 327 g/mol. The van der Waals surface area contributed by atoms with Crippen LogP contribution in [0.4, 0.5) is 0 Å². The first-order valence-corrected chi connectivity index (χ1v) is 6.96. The zero-order valence-corrected chi connectivity index (χ0v) is 12.8. The fourth-order valence-corrected chi connectivity index (χ4v) is 1.77. The molecule has 4 atom stereocenters. The molecule has 23 heavy (non-hydrogen) atoms. The van der Waals surface area contributed by atoms with Crippen LogP contribution >= 0.6 is 0 Å². The summed E-state index contributed by atoms with van der Waals surface area (Å²) in [5, 5.41) is 23.1. The highest BCUT2D eigenvalue weighted by molar-refractivity contribution is 5.91. The van der Waals surface area contributed by atoms with E-state index in [2.05, 4.69) is 20.6 Å². The highest BCUT2D eigenvalue weighted by Crippen LogP contribution is 2.02. The number of nitrogens with one attached hydrogen (secondary N) is 3. The SMILES string of the molecule is CC(N)C(=O)NC(Cc1cnc[nH]1)C(=O)NC(C(=O)O)C(C)O. The minimum absolute atomic E-state index is 0.0659. The Labute approximate surface area is 132 Å². The van der Waals surface area contributed by atoms with Gasteiger partial charge in [-0.15, -0.1) is 0 Å². The second kappa shape index (κ2) is 8.25. The fourth-order valence-electron chi connectivity index (χ4n) is 1.77. The fraction of sp³-hybridized carbons (Fsp3) is 0.538. The molecule has 0 aliphatic heterocycles. The molecule has 0 radical (unpaired) electrons. The molecule has 2 amide bonds. The van der Waals surface area contributed by atoms with E-state index in [1.165, 1.54) is 26.4 Å². The molecule has 0 fully saturated rings. The van der Waals surface area contributed by atoms with Crippen molar-refractivity contribution < 1.29 is 24.6 Å². The second-order valence-electron chi connectivity index (χ2n) is 5.20. The first kappa shape index (κ1) is 18.6. The highest BCUT2D eigenvalue weighted by atomic mass is 16.4. The lowest BCUT2D eigenvalue weighted by Crippen LogP contribution is -2.56. The molecule has 1 aromatic rings. The highest BCUT2D eigenvalue weighted by Gasteiger charge is 2.30. The van der Waals surface area contributed by atoms with Gasteiger partial charge in [0.2, 0.25) is 11.8 Å². The number of nitrogens with zero attached hydrogens (tertiary/aromatic N) is 1. The number of aromatic nitrogens is 2. The van der Waals surface area contributed by atoms with Crippen molar-refractivity contribution >= 4 is 17.8 Å². The number of rotatable bonds is 8. The van der Waals surface area contributed by atoms with E-state index in [9.17, 15) is 19.5 Å². The molecule has 1 rings (SSSR count). The Morgan fingerprint density at radius 3 is 2.39 bits per heavy atom. The third-order valence-electron chi connectivity index (χ3n) is 3.07. The number of nitrogens with two attached hydrogens (primary N) is 1. The van der Waals surface area contributed by atoms with E-state index in [0.717, 1.165) is 0 Å². The molecule has 128 valence electrons. The molecule has 7 N–H and O–H groups in total. The molecule has 10 nitrogen and oxygen atoms in total. The van der Waals surface area contributed by atoms with Crippen LogP contribution in [-0.4, -0.2) is 62.2 Å². The summed E-state index contributed by atoms with van der Waals surface area (Å²) in [7, 11) is 0. The predicted octanol–water partition coefficient (Wildman–Crippen LogP) is -2.27. The zero-order valence-electron chi connectivity index (χ0n) is 12.8. The number of aliphatic hydroxyl groups is 1. The maximum atomic E-state index is 12.3. The van der Waals surface area contributed by atoms with Crippen LogP contribution in [0.5, 0.6) is 0 Å². The minimum atomic E-state index is -1.49. The minimum Gasteiger partial charge on any atom is -0.480 e. The Kier molecular flexibility index (Phi) is 6.66. The lowest BCUT2D eigenvalue weighted by molar-refractivity contribution is -0.145. The number of carbonyl (C=O) groups excluding carboxylic acids is 2. The number of aliphatic hydroxyl groups excluding tert-OH is 1. The van der Waals surface area contributed by atoms with E-state index in [0.29, 0.717) is 5.69 Å². The largest absolute Gasteiger partial charge is 0.480 e. The molecule has 0 aromatic carbocycles. The normalized spacial score (nSPS) is 16.0. The van der Waals surface area contributed by atoms with Gasteiger partial charge in [0.15, 0.2) is 6.04 Å². The van der Waals surface area contributed by atoms with E-state index in [-0.39, 0.29) is 6.42 Å². The van der Waals surface area contributed by atoms with E-state index < -0.39 is 42.0 Å². The summed E-state index contributed by atoms with van der Waals surface area (Å²) in [5.74, 6) is -2.69. The predicted molar refractivity (Wildman–Crippen MR) is 79.1 cm³/mol. The molecular formula is C13H21N5O5. The standard InChI is InChI=1S/C13H21N5O5/c1-6(14)11(20)17-9(3-8-4-15-5-16-8)12(21)18-10(7(2)19)13(22)23/h4-7,9-10,19H,3,14H2,1-2H3,(H,15,16)(H,17,20)(H,18,21)(H,22,23). The molecule has 10 heteroatoms. The average Bonchev–Trinajstić information content (AvgIpc) is 2.95. The quantitative estimate of drug-likeness (QED) is 0.312. The number of imidazole rings is 1. The van der Waals surface area contributed by atoms with Crippen LogP contribution in [-0.2, 0) is 20.8 Å². The number of hydrogen-bond donors (Lipinski definition) is 6. The van der Waals surface area contributed by atoms with Crippen LogP contribution < -0.4 is 16.4 Å². The Morgan fingerprint density at radius 2 is 1.96 bits per heavy atom. The number of hydrogen-bond acceptors (Lipinski definition) is 6. The average molecular weight is 327 g/mol. The van der Waals surface area contributed by atoms with Crippen LogP contribution in [0.1, 0.15) is 19.5 Å². The molecule has 0 saturated heterocycles. The van der Waals surface area contributed by atoms with Gasteiger partial charge in [-0.25, -0.2) is 9.78 Å². The topological polar surface area (TPSA) is 170 Å². The number of aliphatic carboxylic acids is 1. The van der Waals surface area contributed by atoms with Crippen molar-refractivity contribution in [3.63, 3.8) is 0 Å². The van der Waals surface area contributed by atoms with Crippen LogP contribution in [0.3, 0.4) is 0 Å². The number of aromatic amines is 1. The van der Waals surface area contributed by atoms with Crippen molar-refractivity contribution in [1.82, 2.24) is 20.6 Å². The van der Waals surface area contributed by atoms with E-state index >= 15 is 0 Å². The molecular weight excluding hydrogens is 306 g/mol. The van der Waals surface area contributed by atoms with Crippen LogP contribution in [0.15, 0.2) is 12.5 Å². The first-order valence-electron chi connectivity index (χ1n) is 6.96. The van der Waals surface area contributed by atoms with Gasteiger partial charge in [0.05, 0.1) is 18.5 Å². The van der Waals surface area contributed by atoms with E-state index in [1.807, 2.05) is 0 Å². The Morgan fingerprint density at radius 1 is 1.30 bits per heavy atom. The van der Waals surface area contributed by atoms with Crippen molar-refractivity contribution in [3.8, 4) is 0 Å². The van der Waals surface area contributed by atoms with Gasteiger partial charge in [-0.3, -0.25) is 9.59 Å². The number of H-pyrrole nitrogens is 1. The number of carbonyl (C=O) groups is 3.